The molecule has 2 N–H and O–H groups in total. The Morgan fingerprint density at radius 3 is 1.43 bits per heavy atom. The summed E-state index contributed by atoms with van der Waals surface area (Å²) >= 11 is 0. The highest BCUT2D eigenvalue weighted by Gasteiger charge is 2.59. The van der Waals surface area contributed by atoms with Gasteiger partial charge >= 0.3 is 15.6 Å². The lowest BCUT2D eigenvalue weighted by Gasteiger charge is -2.27. The Balaban J connectivity index is 4.83. The third-order valence-corrected chi connectivity index (χ3v) is 7.31. The van der Waals surface area contributed by atoms with Crippen molar-refractivity contribution >= 4 is 15.6 Å². The molecule has 0 aromatic heterocycles. The third-order valence-electron chi connectivity index (χ3n) is 1.34. The lowest BCUT2D eigenvalue weighted by molar-refractivity contribution is 0.0841. The summed E-state index contributed by atoms with van der Waals surface area (Å²) in [6, 6.07) is 0. The summed E-state index contributed by atoms with van der Waals surface area (Å²) in [6.07, 6.45) is 0. The van der Waals surface area contributed by atoms with Crippen LogP contribution in [0.5, 0.6) is 0 Å². The second kappa shape index (κ2) is 5.97. The van der Waals surface area contributed by atoms with Crippen molar-refractivity contribution in [2.45, 2.75) is 20.8 Å². The molecule has 0 aliphatic rings. The average Bonchev–Trinajstić information content (AvgIpc) is 2.03. The van der Waals surface area contributed by atoms with E-state index in [-0.39, 0.29) is 19.8 Å². The van der Waals surface area contributed by atoms with Gasteiger partial charge in [-0.15, -0.1) is 0 Å². The monoisotopic (exact) mass is 244 g/mol. The molecule has 6 nitrogen and oxygen atoms in total. The Kier molecular flexibility index (Phi) is 6.07. The average molecular weight is 244 g/mol. The third kappa shape index (κ3) is 3.43. The predicted octanol–water partition coefficient (Wildman–Crippen LogP) is 0.709. The van der Waals surface area contributed by atoms with E-state index in [1.165, 1.54) is 0 Å². The highest BCUT2D eigenvalue weighted by molar-refractivity contribution is 7.88. The van der Waals surface area contributed by atoms with Crippen LogP contribution in [0.3, 0.4) is 0 Å². The molecule has 14 heavy (non-hydrogen) atoms. The summed E-state index contributed by atoms with van der Waals surface area (Å²) in [5.74, 6) is 0. The quantitative estimate of drug-likeness (QED) is 0.506. The van der Waals surface area contributed by atoms with E-state index in [0.717, 1.165) is 0 Å². The largest absolute Gasteiger partial charge is 0.626 e. The standard InChI is InChI=1S/C6H17O6PSi/c1-4-10-14(11-5-2,12-6-3)13(7,8)9/h4-6H2,1-3H3,(H2,7,8,9). The first-order valence-corrected chi connectivity index (χ1v) is 8.58. The summed E-state index contributed by atoms with van der Waals surface area (Å²) in [4.78, 5) is 18.2. The van der Waals surface area contributed by atoms with Crippen LogP contribution in [0, 0.1) is 0 Å². The lowest BCUT2D eigenvalue weighted by Crippen LogP contribution is -2.46. The van der Waals surface area contributed by atoms with E-state index in [4.69, 9.17) is 23.1 Å². The summed E-state index contributed by atoms with van der Waals surface area (Å²) in [6.45, 7) is 5.35. The molecule has 86 valence electrons. The molecule has 0 spiro atoms. The highest BCUT2D eigenvalue weighted by atomic mass is 31.5. The summed E-state index contributed by atoms with van der Waals surface area (Å²) in [5.41, 5.74) is 0. The van der Waals surface area contributed by atoms with Gasteiger partial charge in [0.2, 0.25) is 0 Å². The zero-order valence-electron chi connectivity index (χ0n) is 8.60. The molecule has 0 heterocycles. The normalized spacial score (nSPS) is 13.2. The van der Waals surface area contributed by atoms with Crippen LogP contribution in [0.25, 0.3) is 0 Å². The van der Waals surface area contributed by atoms with Crippen LogP contribution in [0.1, 0.15) is 20.8 Å². The van der Waals surface area contributed by atoms with Crippen molar-refractivity contribution in [2.24, 2.45) is 0 Å². The van der Waals surface area contributed by atoms with Crippen molar-refractivity contribution in [3.05, 3.63) is 0 Å². The van der Waals surface area contributed by atoms with Crippen LogP contribution in [0.15, 0.2) is 0 Å². The van der Waals surface area contributed by atoms with Crippen molar-refractivity contribution in [3.8, 4) is 0 Å². The van der Waals surface area contributed by atoms with Crippen LogP contribution in [0.2, 0.25) is 0 Å². The minimum Gasteiger partial charge on any atom is -0.366 e. The van der Waals surface area contributed by atoms with Crippen LogP contribution in [0.4, 0.5) is 0 Å². The first kappa shape index (κ1) is 14.2. The minimum atomic E-state index is -4.48. The van der Waals surface area contributed by atoms with Gasteiger partial charge in [0, 0.05) is 19.8 Å². The van der Waals surface area contributed by atoms with Gasteiger partial charge < -0.3 is 23.1 Å². The molecule has 8 heteroatoms. The highest BCUT2D eigenvalue weighted by Crippen LogP contribution is 2.48. The van der Waals surface area contributed by atoms with Gasteiger partial charge in [0.15, 0.2) is 0 Å². The molecule has 0 rings (SSSR count). The second-order valence-electron chi connectivity index (χ2n) is 2.37. The van der Waals surface area contributed by atoms with Gasteiger partial charge in [-0.25, -0.2) is 0 Å². The molecule has 0 amide bonds. The van der Waals surface area contributed by atoms with E-state index < -0.39 is 15.6 Å². The zero-order valence-corrected chi connectivity index (χ0v) is 10.5. The molecule has 0 fully saturated rings. The topological polar surface area (TPSA) is 85.2 Å². The molecule has 0 unspecified atom stereocenters. The maximum atomic E-state index is 11.2. The number of hydrogen-bond donors (Lipinski definition) is 2. The molecule has 0 aliphatic heterocycles. The minimum absolute atomic E-state index is 0.150. The SMILES string of the molecule is CCO[Si](OCC)(OCC)P(=O)(O)O. The van der Waals surface area contributed by atoms with Gasteiger partial charge in [-0.1, -0.05) is 0 Å². The predicted molar refractivity (Wildman–Crippen MR) is 52.7 cm³/mol. The zero-order chi connectivity index (χ0) is 11.2. The fraction of sp³-hybridized carbons (Fsp3) is 1.00. The van der Waals surface area contributed by atoms with Gasteiger partial charge in [0.25, 0.3) is 0 Å². The Hall–Kier alpha value is 0.247. The van der Waals surface area contributed by atoms with Crippen molar-refractivity contribution in [2.75, 3.05) is 19.8 Å². The van der Waals surface area contributed by atoms with Crippen LogP contribution >= 0.6 is 7.14 Å². The van der Waals surface area contributed by atoms with Gasteiger partial charge in [-0.3, -0.25) is 4.57 Å². The lowest BCUT2D eigenvalue weighted by atomic mass is 10.9. The maximum absolute atomic E-state index is 11.2. The second-order valence-corrected chi connectivity index (χ2v) is 8.76. The van der Waals surface area contributed by atoms with E-state index in [0.29, 0.717) is 0 Å². The Morgan fingerprint density at radius 1 is 1.00 bits per heavy atom. The van der Waals surface area contributed by atoms with Crippen molar-refractivity contribution in [3.63, 3.8) is 0 Å². The van der Waals surface area contributed by atoms with Gasteiger partial charge in [0.05, 0.1) is 0 Å². The molecule has 0 aromatic carbocycles. The number of rotatable bonds is 7. The maximum Gasteiger partial charge on any atom is 0.626 e. The Bertz CT molecular complexity index is 187. The van der Waals surface area contributed by atoms with E-state index >= 15 is 0 Å². The fourth-order valence-electron chi connectivity index (χ4n) is 0.924. The molecule has 0 aliphatic carbocycles. The summed E-state index contributed by atoms with van der Waals surface area (Å²) in [7, 11) is -8.31. The van der Waals surface area contributed by atoms with Crippen LogP contribution in [-0.4, -0.2) is 38.1 Å². The van der Waals surface area contributed by atoms with E-state index in [1.807, 2.05) is 0 Å². The molecule has 0 saturated carbocycles. The van der Waals surface area contributed by atoms with Crippen molar-refractivity contribution in [1.29, 1.82) is 0 Å². The smallest absolute Gasteiger partial charge is 0.366 e. The van der Waals surface area contributed by atoms with Crippen molar-refractivity contribution in [1.82, 2.24) is 0 Å². The van der Waals surface area contributed by atoms with Crippen molar-refractivity contribution < 1.29 is 27.6 Å². The molecule has 0 bridgehead atoms. The van der Waals surface area contributed by atoms with E-state index in [2.05, 4.69) is 0 Å². The number of hydrogen-bond acceptors (Lipinski definition) is 4. The molecule has 0 radical (unpaired) electrons. The molecule has 0 aromatic rings. The van der Waals surface area contributed by atoms with Crippen LogP contribution in [-0.2, 0) is 17.8 Å². The van der Waals surface area contributed by atoms with Gasteiger partial charge in [-0.05, 0) is 20.8 Å². The summed E-state index contributed by atoms with van der Waals surface area (Å²) in [5, 5.41) is 0. The van der Waals surface area contributed by atoms with Gasteiger partial charge in [-0.2, -0.15) is 0 Å². The van der Waals surface area contributed by atoms with Crippen LogP contribution < -0.4 is 0 Å². The summed E-state index contributed by atoms with van der Waals surface area (Å²) < 4.78 is 26.2. The Morgan fingerprint density at radius 2 is 1.29 bits per heavy atom. The molecular formula is C6H17O6PSi. The molecular weight excluding hydrogens is 227 g/mol. The first-order valence-electron chi connectivity index (χ1n) is 4.41. The molecule has 0 atom stereocenters. The fourth-order valence-corrected chi connectivity index (χ4v) is 5.45. The Labute approximate surface area is 84.6 Å². The first-order chi connectivity index (χ1) is 6.43. The van der Waals surface area contributed by atoms with E-state index in [9.17, 15) is 4.57 Å². The van der Waals surface area contributed by atoms with Gasteiger partial charge in [0.1, 0.15) is 0 Å². The van der Waals surface area contributed by atoms with E-state index in [1.54, 1.807) is 20.8 Å². The molecule has 0 saturated heterocycles.